The van der Waals surface area contributed by atoms with Gasteiger partial charge >= 0.3 is 0 Å². The number of rotatable bonds is 4. The molecule has 4 rings (SSSR count). The summed E-state index contributed by atoms with van der Waals surface area (Å²) < 4.78 is 15.0. The average Bonchev–Trinajstić information content (AvgIpc) is 3.15. The third kappa shape index (κ3) is 3.00. The van der Waals surface area contributed by atoms with Crippen molar-refractivity contribution < 1.29 is 9.18 Å². The Morgan fingerprint density at radius 1 is 1.27 bits per heavy atom. The van der Waals surface area contributed by atoms with Gasteiger partial charge in [-0.25, -0.2) is 4.39 Å². The third-order valence-electron chi connectivity index (χ3n) is 4.81. The first kappa shape index (κ1) is 16.5. The van der Waals surface area contributed by atoms with Crippen LogP contribution in [0.3, 0.4) is 0 Å². The van der Waals surface area contributed by atoms with Crippen LogP contribution in [0, 0.1) is 19.7 Å². The van der Waals surface area contributed by atoms with Gasteiger partial charge in [-0.1, -0.05) is 12.1 Å². The van der Waals surface area contributed by atoms with Crippen molar-refractivity contribution in [3.8, 4) is 0 Å². The molecule has 1 aromatic carbocycles. The molecule has 3 heterocycles. The van der Waals surface area contributed by atoms with Crippen molar-refractivity contribution in [2.45, 2.75) is 32.9 Å². The molecular formula is C19H20FN5O. The zero-order valence-corrected chi connectivity index (χ0v) is 14.7. The van der Waals surface area contributed by atoms with Crippen molar-refractivity contribution >= 4 is 5.91 Å². The number of likely N-dealkylation sites (tertiary alicyclic amines) is 1. The maximum Gasteiger partial charge on any atom is 0.274 e. The van der Waals surface area contributed by atoms with Gasteiger partial charge in [-0.15, -0.1) is 0 Å². The number of aromatic amines is 1. The minimum atomic E-state index is -0.271. The molecule has 1 N–H and O–H groups in total. The lowest BCUT2D eigenvalue weighted by atomic mass is 9.94. The monoisotopic (exact) mass is 353 g/mol. The lowest BCUT2D eigenvalue weighted by Crippen LogP contribution is -2.45. The molecule has 1 aliphatic rings. The minimum Gasteiger partial charge on any atom is -0.330 e. The van der Waals surface area contributed by atoms with E-state index in [1.807, 2.05) is 24.6 Å². The van der Waals surface area contributed by atoms with Crippen LogP contribution in [0.2, 0.25) is 0 Å². The molecule has 0 spiro atoms. The first-order valence-corrected chi connectivity index (χ1v) is 8.63. The number of nitrogens with zero attached hydrogens (tertiary/aromatic N) is 4. The van der Waals surface area contributed by atoms with Crippen molar-refractivity contribution in [3.05, 3.63) is 70.6 Å². The second kappa shape index (κ2) is 6.40. The van der Waals surface area contributed by atoms with Crippen LogP contribution in [-0.2, 0) is 6.54 Å². The van der Waals surface area contributed by atoms with E-state index in [9.17, 15) is 9.18 Å². The predicted molar refractivity (Wildman–Crippen MR) is 94.2 cm³/mol. The fraction of sp³-hybridized carbons (Fsp3) is 0.316. The molecule has 26 heavy (non-hydrogen) atoms. The molecule has 0 saturated carbocycles. The Balaban J connectivity index is 1.48. The summed E-state index contributed by atoms with van der Waals surface area (Å²) in [5.41, 5.74) is 4.20. The van der Waals surface area contributed by atoms with Crippen LogP contribution in [0.15, 0.2) is 36.4 Å². The lowest BCUT2D eigenvalue weighted by Gasteiger charge is -2.41. The highest BCUT2D eigenvalue weighted by Crippen LogP contribution is 2.34. The molecule has 0 aliphatic carbocycles. The Hall–Kier alpha value is -2.96. The number of halogens is 1. The zero-order chi connectivity index (χ0) is 18.3. The number of hydrogen-bond acceptors (Lipinski definition) is 3. The van der Waals surface area contributed by atoms with Gasteiger partial charge in [-0.3, -0.25) is 14.6 Å². The van der Waals surface area contributed by atoms with Gasteiger partial charge in [0.05, 0.1) is 24.0 Å². The SMILES string of the molecule is Cc1cc(C)n(Cc2cc(C(=O)N3CCC3c3ccc(F)cc3)n[nH]2)n1. The fourth-order valence-corrected chi connectivity index (χ4v) is 3.36. The Morgan fingerprint density at radius 2 is 2.04 bits per heavy atom. The summed E-state index contributed by atoms with van der Waals surface area (Å²) in [5.74, 6) is -0.381. The second-order valence-corrected chi connectivity index (χ2v) is 6.72. The van der Waals surface area contributed by atoms with Crippen LogP contribution >= 0.6 is 0 Å². The van der Waals surface area contributed by atoms with Crippen LogP contribution in [0.25, 0.3) is 0 Å². The van der Waals surface area contributed by atoms with E-state index >= 15 is 0 Å². The second-order valence-electron chi connectivity index (χ2n) is 6.72. The van der Waals surface area contributed by atoms with Crippen molar-refractivity contribution in [2.75, 3.05) is 6.54 Å². The topological polar surface area (TPSA) is 66.8 Å². The summed E-state index contributed by atoms with van der Waals surface area (Å²) in [6.45, 7) is 5.17. The quantitative estimate of drug-likeness (QED) is 0.784. The van der Waals surface area contributed by atoms with E-state index < -0.39 is 0 Å². The molecular weight excluding hydrogens is 333 g/mol. The highest BCUT2D eigenvalue weighted by atomic mass is 19.1. The van der Waals surface area contributed by atoms with E-state index in [0.717, 1.165) is 29.1 Å². The summed E-state index contributed by atoms with van der Waals surface area (Å²) in [7, 11) is 0. The van der Waals surface area contributed by atoms with Crippen molar-refractivity contribution in [1.82, 2.24) is 24.9 Å². The summed E-state index contributed by atoms with van der Waals surface area (Å²) in [6, 6.07) is 10.1. The number of carbonyl (C=O) groups excluding carboxylic acids is 1. The summed E-state index contributed by atoms with van der Waals surface area (Å²) >= 11 is 0. The van der Waals surface area contributed by atoms with Crippen LogP contribution in [0.1, 0.15) is 45.6 Å². The maximum absolute atomic E-state index is 13.1. The number of carbonyl (C=O) groups is 1. The van der Waals surface area contributed by atoms with E-state index in [0.29, 0.717) is 18.8 Å². The predicted octanol–water partition coefficient (Wildman–Crippen LogP) is 3.00. The first-order chi connectivity index (χ1) is 12.5. The Labute approximate surface area is 150 Å². The van der Waals surface area contributed by atoms with Crippen molar-refractivity contribution in [3.63, 3.8) is 0 Å². The Kier molecular flexibility index (Phi) is 4.06. The number of benzene rings is 1. The molecule has 1 saturated heterocycles. The smallest absolute Gasteiger partial charge is 0.274 e. The van der Waals surface area contributed by atoms with Crippen LogP contribution < -0.4 is 0 Å². The number of aryl methyl sites for hydroxylation is 2. The van der Waals surface area contributed by atoms with Gasteiger partial charge in [0, 0.05) is 12.2 Å². The zero-order valence-electron chi connectivity index (χ0n) is 14.7. The molecule has 1 amide bonds. The molecule has 0 radical (unpaired) electrons. The highest BCUT2D eigenvalue weighted by molar-refractivity contribution is 5.93. The number of nitrogens with one attached hydrogen (secondary N) is 1. The maximum atomic E-state index is 13.1. The van der Waals surface area contributed by atoms with E-state index in [-0.39, 0.29) is 17.8 Å². The molecule has 1 aliphatic heterocycles. The summed E-state index contributed by atoms with van der Waals surface area (Å²) in [4.78, 5) is 14.5. The third-order valence-corrected chi connectivity index (χ3v) is 4.81. The van der Waals surface area contributed by atoms with Gasteiger partial charge in [0.15, 0.2) is 0 Å². The minimum absolute atomic E-state index is 0.0146. The van der Waals surface area contributed by atoms with Gasteiger partial charge in [0.25, 0.3) is 5.91 Å². The van der Waals surface area contributed by atoms with Crippen molar-refractivity contribution in [1.29, 1.82) is 0 Å². The number of hydrogen-bond donors (Lipinski definition) is 1. The molecule has 1 fully saturated rings. The van der Waals surface area contributed by atoms with Crippen LogP contribution in [0.5, 0.6) is 0 Å². The molecule has 3 aromatic rings. The summed E-state index contributed by atoms with van der Waals surface area (Å²) in [6.07, 6.45) is 0.875. The largest absolute Gasteiger partial charge is 0.330 e. The number of H-pyrrole nitrogens is 1. The van der Waals surface area contributed by atoms with Gasteiger partial charge in [-0.05, 0) is 50.1 Å². The van der Waals surface area contributed by atoms with Gasteiger partial charge < -0.3 is 4.90 Å². The van der Waals surface area contributed by atoms with E-state index in [1.54, 1.807) is 23.1 Å². The normalized spacial score (nSPS) is 16.6. The van der Waals surface area contributed by atoms with Gasteiger partial charge in [-0.2, -0.15) is 10.2 Å². The van der Waals surface area contributed by atoms with E-state index in [4.69, 9.17) is 0 Å². The molecule has 2 aromatic heterocycles. The molecule has 134 valence electrons. The molecule has 1 atom stereocenters. The highest BCUT2D eigenvalue weighted by Gasteiger charge is 2.34. The van der Waals surface area contributed by atoms with Crippen LogP contribution in [0.4, 0.5) is 4.39 Å². The van der Waals surface area contributed by atoms with Gasteiger partial charge in [0.1, 0.15) is 11.5 Å². The molecule has 0 bridgehead atoms. The fourth-order valence-electron chi connectivity index (χ4n) is 3.36. The van der Waals surface area contributed by atoms with Crippen LogP contribution in [-0.4, -0.2) is 37.3 Å². The van der Waals surface area contributed by atoms with Gasteiger partial charge in [0.2, 0.25) is 0 Å². The molecule has 1 unspecified atom stereocenters. The number of aromatic nitrogens is 4. The molecule has 6 nitrogen and oxygen atoms in total. The Bertz CT molecular complexity index is 943. The molecule has 7 heteroatoms. The first-order valence-electron chi connectivity index (χ1n) is 8.63. The lowest BCUT2D eigenvalue weighted by molar-refractivity contribution is 0.0454. The standard InChI is InChI=1S/C19H20FN5O/c1-12-9-13(2)25(23-12)11-16-10-17(22-21-16)19(26)24-8-7-18(24)14-3-5-15(20)6-4-14/h3-6,9-10,18H,7-8,11H2,1-2H3,(H,21,22). The summed E-state index contributed by atoms with van der Waals surface area (Å²) in [5, 5.41) is 11.5. The Morgan fingerprint density at radius 3 is 2.65 bits per heavy atom. The van der Waals surface area contributed by atoms with Crippen molar-refractivity contribution in [2.24, 2.45) is 0 Å². The average molecular weight is 353 g/mol. The number of amides is 1. The van der Waals surface area contributed by atoms with E-state index in [2.05, 4.69) is 15.3 Å². The van der Waals surface area contributed by atoms with E-state index in [1.165, 1.54) is 12.1 Å².